The first-order chi connectivity index (χ1) is 13.3. The third kappa shape index (κ3) is 4.21. The minimum atomic E-state index is -0.596. The average molecular weight is 399 g/mol. The standard InChI is InChI=1S/C19H14FN3O4S/c1-11-10-13(4-7-15(11)23(26)27)18(24)21-22-19(25)17-9-8-16(28-17)12-2-5-14(20)6-3-12/h2-10H,1H3,(H,21,24)(H,22,25). The van der Waals surface area contributed by atoms with Gasteiger partial charge in [-0.05, 0) is 48.9 Å². The largest absolute Gasteiger partial charge is 0.279 e. The Morgan fingerprint density at radius 2 is 1.68 bits per heavy atom. The minimum absolute atomic E-state index is 0.0903. The number of amides is 2. The van der Waals surface area contributed by atoms with Crippen molar-refractivity contribution in [2.45, 2.75) is 6.92 Å². The van der Waals surface area contributed by atoms with E-state index in [1.54, 1.807) is 24.3 Å². The Morgan fingerprint density at radius 3 is 2.32 bits per heavy atom. The van der Waals surface area contributed by atoms with Gasteiger partial charge in [0.15, 0.2) is 0 Å². The zero-order chi connectivity index (χ0) is 20.3. The van der Waals surface area contributed by atoms with Gasteiger partial charge in [0, 0.05) is 22.1 Å². The van der Waals surface area contributed by atoms with Crippen molar-refractivity contribution in [3.8, 4) is 10.4 Å². The highest BCUT2D eigenvalue weighted by atomic mass is 32.1. The molecule has 0 aliphatic heterocycles. The van der Waals surface area contributed by atoms with Crippen molar-refractivity contribution in [3.63, 3.8) is 0 Å². The molecule has 0 unspecified atom stereocenters. The molecule has 2 aromatic carbocycles. The monoisotopic (exact) mass is 399 g/mol. The molecule has 0 radical (unpaired) electrons. The van der Waals surface area contributed by atoms with E-state index < -0.39 is 16.7 Å². The Balaban J connectivity index is 1.64. The molecule has 0 atom stereocenters. The van der Waals surface area contributed by atoms with Crippen molar-refractivity contribution in [2.75, 3.05) is 0 Å². The number of rotatable bonds is 4. The Kier molecular flexibility index (Phi) is 5.46. The van der Waals surface area contributed by atoms with Crippen LogP contribution in [0.3, 0.4) is 0 Å². The zero-order valence-corrected chi connectivity index (χ0v) is 15.4. The molecule has 3 rings (SSSR count). The van der Waals surface area contributed by atoms with E-state index in [1.165, 1.54) is 48.6 Å². The summed E-state index contributed by atoms with van der Waals surface area (Å²) in [6.45, 7) is 1.52. The van der Waals surface area contributed by atoms with Gasteiger partial charge in [-0.15, -0.1) is 11.3 Å². The van der Waals surface area contributed by atoms with E-state index in [4.69, 9.17) is 0 Å². The number of nitro groups is 1. The average Bonchev–Trinajstić information content (AvgIpc) is 3.16. The van der Waals surface area contributed by atoms with Crippen LogP contribution < -0.4 is 10.9 Å². The summed E-state index contributed by atoms with van der Waals surface area (Å²) in [6, 6.07) is 13.1. The molecule has 0 aliphatic carbocycles. The van der Waals surface area contributed by atoms with Crippen LogP contribution in [0.1, 0.15) is 25.6 Å². The smallest absolute Gasteiger partial charge is 0.267 e. The van der Waals surface area contributed by atoms with Crippen molar-refractivity contribution < 1.29 is 18.9 Å². The summed E-state index contributed by atoms with van der Waals surface area (Å²) in [6.07, 6.45) is 0. The Hall–Kier alpha value is -3.59. The quantitative estimate of drug-likeness (QED) is 0.514. The van der Waals surface area contributed by atoms with Crippen LogP contribution in [0.2, 0.25) is 0 Å². The number of carbonyl (C=O) groups is 2. The van der Waals surface area contributed by atoms with Gasteiger partial charge in [0.1, 0.15) is 5.82 Å². The van der Waals surface area contributed by atoms with Gasteiger partial charge >= 0.3 is 0 Å². The maximum Gasteiger partial charge on any atom is 0.279 e. The zero-order valence-electron chi connectivity index (χ0n) is 14.6. The molecule has 0 bridgehead atoms. The number of nitrogens with zero attached hydrogens (tertiary/aromatic N) is 1. The van der Waals surface area contributed by atoms with E-state index in [0.29, 0.717) is 10.4 Å². The van der Waals surface area contributed by atoms with Gasteiger partial charge < -0.3 is 0 Å². The molecule has 9 heteroatoms. The molecule has 0 fully saturated rings. The molecule has 1 heterocycles. The van der Waals surface area contributed by atoms with Gasteiger partial charge in [-0.1, -0.05) is 12.1 Å². The second kappa shape index (κ2) is 7.97. The van der Waals surface area contributed by atoms with Crippen LogP contribution in [0.4, 0.5) is 10.1 Å². The molecular formula is C19H14FN3O4S. The van der Waals surface area contributed by atoms with E-state index in [1.807, 2.05) is 0 Å². The van der Waals surface area contributed by atoms with Gasteiger partial charge in [-0.2, -0.15) is 0 Å². The number of nitrogens with one attached hydrogen (secondary N) is 2. The molecule has 142 valence electrons. The number of benzene rings is 2. The molecular weight excluding hydrogens is 385 g/mol. The Morgan fingerprint density at radius 1 is 1.00 bits per heavy atom. The number of nitro benzene ring substituents is 1. The first-order valence-corrected chi connectivity index (χ1v) is 8.88. The lowest BCUT2D eigenvalue weighted by molar-refractivity contribution is -0.385. The molecule has 28 heavy (non-hydrogen) atoms. The van der Waals surface area contributed by atoms with Crippen molar-refractivity contribution in [3.05, 3.63) is 86.5 Å². The van der Waals surface area contributed by atoms with Gasteiger partial charge in [0.2, 0.25) is 0 Å². The van der Waals surface area contributed by atoms with E-state index in [-0.39, 0.29) is 17.1 Å². The van der Waals surface area contributed by atoms with Crippen LogP contribution in [0, 0.1) is 22.9 Å². The van der Waals surface area contributed by atoms with Crippen LogP contribution in [0.15, 0.2) is 54.6 Å². The lowest BCUT2D eigenvalue weighted by atomic mass is 10.1. The van der Waals surface area contributed by atoms with Gasteiger partial charge in [0.05, 0.1) is 9.80 Å². The number of carbonyl (C=O) groups excluding carboxylic acids is 2. The predicted molar refractivity (Wildman–Crippen MR) is 102 cm³/mol. The SMILES string of the molecule is Cc1cc(C(=O)NNC(=O)c2ccc(-c3ccc(F)cc3)s2)ccc1[N+](=O)[O-]. The number of halogens is 1. The number of thiophene rings is 1. The number of aryl methyl sites for hydroxylation is 1. The molecule has 2 amide bonds. The lowest BCUT2D eigenvalue weighted by Gasteiger charge is -2.07. The van der Waals surface area contributed by atoms with E-state index in [2.05, 4.69) is 10.9 Å². The highest BCUT2D eigenvalue weighted by Crippen LogP contribution is 2.28. The summed E-state index contributed by atoms with van der Waals surface area (Å²) < 4.78 is 13.0. The van der Waals surface area contributed by atoms with Crippen molar-refractivity contribution in [1.29, 1.82) is 0 Å². The lowest BCUT2D eigenvalue weighted by Crippen LogP contribution is -2.41. The fraction of sp³-hybridized carbons (Fsp3) is 0.0526. The Labute approximate surface area is 162 Å². The number of hydrogen-bond donors (Lipinski definition) is 2. The predicted octanol–water partition coefficient (Wildman–Crippen LogP) is 3.85. The molecule has 0 saturated heterocycles. The van der Waals surface area contributed by atoms with Crippen molar-refractivity contribution >= 4 is 28.8 Å². The molecule has 0 aliphatic rings. The summed E-state index contributed by atoms with van der Waals surface area (Å²) >= 11 is 1.19. The highest BCUT2D eigenvalue weighted by Gasteiger charge is 2.15. The third-order valence-corrected chi connectivity index (χ3v) is 5.04. The first kappa shape index (κ1) is 19.2. The van der Waals surface area contributed by atoms with Crippen molar-refractivity contribution in [2.24, 2.45) is 0 Å². The summed E-state index contributed by atoms with van der Waals surface area (Å²) in [5, 5.41) is 10.8. The fourth-order valence-electron chi connectivity index (χ4n) is 2.48. The molecule has 7 nitrogen and oxygen atoms in total. The van der Waals surface area contributed by atoms with Crippen molar-refractivity contribution in [1.82, 2.24) is 10.9 Å². The summed E-state index contributed by atoms with van der Waals surface area (Å²) in [5.41, 5.74) is 5.79. The van der Waals surface area contributed by atoms with E-state index in [9.17, 15) is 24.1 Å². The summed E-state index contributed by atoms with van der Waals surface area (Å²) in [5.74, 6) is -1.45. The fourth-order valence-corrected chi connectivity index (χ4v) is 3.38. The number of hydrogen-bond acceptors (Lipinski definition) is 5. The summed E-state index contributed by atoms with van der Waals surface area (Å²) in [7, 11) is 0. The number of hydrazine groups is 1. The maximum atomic E-state index is 13.0. The van der Waals surface area contributed by atoms with Crippen LogP contribution in [0.5, 0.6) is 0 Å². The highest BCUT2D eigenvalue weighted by molar-refractivity contribution is 7.17. The van der Waals surface area contributed by atoms with Crippen LogP contribution in [-0.2, 0) is 0 Å². The molecule has 3 aromatic rings. The molecule has 2 N–H and O–H groups in total. The van der Waals surface area contributed by atoms with Crippen LogP contribution >= 0.6 is 11.3 Å². The van der Waals surface area contributed by atoms with Crippen LogP contribution in [-0.4, -0.2) is 16.7 Å². The summed E-state index contributed by atoms with van der Waals surface area (Å²) in [4.78, 5) is 35.8. The van der Waals surface area contributed by atoms with E-state index in [0.717, 1.165) is 10.4 Å². The van der Waals surface area contributed by atoms with Crippen LogP contribution in [0.25, 0.3) is 10.4 Å². The van der Waals surface area contributed by atoms with Gasteiger partial charge in [-0.25, -0.2) is 4.39 Å². The van der Waals surface area contributed by atoms with E-state index >= 15 is 0 Å². The van der Waals surface area contributed by atoms with Gasteiger partial charge in [0.25, 0.3) is 17.5 Å². The molecule has 0 saturated carbocycles. The molecule has 1 aromatic heterocycles. The molecule has 0 spiro atoms. The first-order valence-electron chi connectivity index (χ1n) is 8.06. The minimum Gasteiger partial charge on any atom is -0.267 e. The van der Waals surface area contributed by atoms with Gasteiger partial charge in [-0.3, -0.25) is 30.6 Å². The maximum absolute atomic E-state index is 13.0. The second-order valence-corrected chi connectivity index (χ2v) is 6.92. The third-order valence-electron chi connectivity index (χ3n) is 3.90. The second-order valence-electron chi connectivity index (χ2n) is 5.84. The normalized spacial score (nSPS) is 10.4. The topological polar surface area (TPSA) is 101 Å². The Bertz CT molecular complexity index is 1060.